The molecule has 2 aromatic carbocycles. The summed E-state index contributed by atoms with van der Waals surface area (Å²) in [5, 5.41) is 7.84. The van der Waals surface area contributed by atoms with Gasteiger partial charge in [-0.2, -0.15) is 5.10 Å². The first kappa shape index (κ1) is 23.8. The summed E-state index contributed by atoms with van der Waals surface area (Å²) in [5.41, 5.74) is 2.05. The number of rotatable bonds is 6. The van der Waals surface area contributed by atoms with Gasteiger partial charge in [0.1, 0.15) is 5.75 Å². The number of hydrogen-bond donors (Lipinski definition) is 1. The molecule has 34 heavy (non-hydrogen) atoms. The third-order valence-electron chi connectivity index (χ3n) is 5.97. The van der Waals surface area contributed by atoms with E-state index in [0.717, 1.165) is 38.3 Å². The van der Waals surface area contributed by atoms with Crippen LogP contribution in [-0.4, -0.2) is 58.2 Å². The number of likely N-dealkylation sites (N-methyl/N-ethyl adjacent to an activating group) is 1. The minimum absolute atomic E-state index is 0.0178. The first-order valence-electron chi connectivity index (χ1n) is 11.2. The van der Waals surface area contributed by atoms with E-state index < -0.39 is 0 Å². The number of nitrogens with zero attached hydrogens (tertiary/aromatic N) is 4. The number of piperazine rings is 1. The minimum Gasteiger partial charge on any atom is -0.453 e. The van der Waals surface area contributed by atoms with Crippen LogP contribution in [0.3, 0.4) is 0 Å². The van der Waals surface area contributed by atoms with Crippen molar-refractivity contribution in [1.29, 1.82) is 0 Å². The lowest BCUT2D eigenvalue weighted by Gasteiger charge is -2.34. The van der Waals surface area contributed by atoms with Crippen molar-refractivity contribution >= 4 is 28.9 Å². The Balaban J connectivity index is 1.52. The maximum absolute atomic E-state index is 12.9. The fraction of sp³-hybridized carbons (Fsp3) is 0.320. The van der Waals surface area contributed by atoms with Gasteiger partial charge in [0.15, 0.2) is 11.4 Å². The number of anilines is 2. The molecule has 1 saturated heterocycles. The predicted molar refractivity (Wildman–Crippen MR) is 133 cm³/mol. The zero-order chi connectivity index (χ0) is 24.2. The van der Waals surface area contributed by atoms with Crippen LogP contribution in [0, 0.1) is 6.92 Å². The normalized spacial score (nSPS) is 14.2. The summed E-state index contributed by atoms with van der Waals surface area (Å²) < 4.78 is 7.18. The molecular weight excluding hydrogens is 454 g/mol. The average molecular weight is 482 g/mol. The summed E-state index contributed by atoms with van der Waals surface area (Å²) in [4.78, 5) is 29.9. The number of benzene rings is 2. The van der Waals surface area contributed by atoms with E-state index in [2.05, 4.69) is 22.2 Å². The van der Waals surface area contributed by atoms with Gasteiger partial charge in [-0.05, 0) is 61.5 Å². The maximum Gasteiger partial charge on any atom is 0.294 e. The molecule has 1 aromatic heterocycles. The van der Waals surface area contributed by atoms with Gasteiger partial charge >= 0.3 is 0 Å². The van der Waals surface area contributed by atoms with Gasteiger partial charge in [-0.15, -0.1) is 0 Å². The number of carbonyl (C=O) groups is 1. The Hall–Kier alpha value is -3.36. The number of nitrogens with one attached hydrogen (secondary N) is 1. The molecule has 0 radical (unpaired) electrons. The van der Waals surface area contributed by atoms with Crippen LogP contribution in [0.2, 0.25) is 5.02 Å². The van der Waals surface area contributed by atoms with Gasteiger partial charge in [0, 0.05) is 49.5 Å². The quantitative estimate of drug-likeness (QED) is 0.572. The second kappa shape index (κ2) is 10.3. The van der Waals surface area contributed by atoms with Crippen LogP contribution in [0.1, 0.15) is 22.8 Å². The van der Waals surface area contributed by atoms with Crippen molar-refractivity contribution in [3.8, 4) is 11.5 Å². The highest BCUT2D eigenvalue weighted by atomic mass is 35.5. The van der Waals surface area contributed by atoms with Gasteiger partial charge in [-0.1, -0.05) is 18.5 Å². The molecule has 0 atom stereocenters. The number of carbonyl (C=O) groups excluding carboxylic acids is 1. The third-order valence-corrected chi connectivity index (χ3v) is 6.39. The van der Waals surface area contributed by atoms with E-state index >= 15 is 0 Å². The van der Waals surface area contributed by atoms with E-state index in [-0.39, 0.29) is 17.2 Å². The Morgan fingerprint density at radius 2 is 1.82 bits per heavy atom. The highest BCUT2D eigenvalue weighted by Crippen LogP contribution is 2.30. The standard InChI is InChI=1S/C25H28ClN5O3/c1-4-30-11-13-31(14-12-30)24(32)18-5-7-19(8-6-18)28-23-22(16-27-29(3)25(23)33)34-20-9-10-21(26)17(2)15-20/h5-10,15-16,28H,4,11-14H2,1-3H3. The molecule has 3 aromatic rings. The van der Waals surface area contributed by atoms with Crippen LogP contribution in [0.4, 0.5) is 11.4 Å². The van der Waals surface area contributed by atoms with Gasteiger partial charge in [0.25, 0.3) is 11.5 Å². The van der Waals surface area contributed by atoms with E-state index in [1.54, 1.807) is 49.5 Å². The Labute approximate surface area is 203 Å². The summed E-state index contributed by atoms with van der Waals surface area (Å²) in [6.45, 7) is 8.25. The molecule has 0 spiro atoms. The number of aromatic nitrogens is 2. The van der Waals surface area contributed by atoms with Crippen molar-refractivity contribution in [3.63, 3.8) is 0 Å². The highest BCUT2D eigenvalue weighted by Gasteiger charge is 2.21. The summed E-state index contributed by atoms with van der Waals surface area (Å²) in [6, 6.07) is 12.4. The summed E-state index contributed by atoms with van der Waals surface area (Å²) >= 11 is 6.10. The van der Waals surface area contributed by atoms with Crippen molar-refractivity contribution < 1.29 is 9.53 Å². The van der Waals surface area contributed by atoms with Crippen LogP contribution in [0.15, 0.2) is 53.5 Å². The molecule has 9 heteroatoms. The van der Waals surface area contributed by atoms with Gasteiger partial charge in [-0.25, -0.2) is 4.68 Å². The van der Waals surface area contributed by atoms with Crippen molar-refractivity contribution in [1.82, 2.24) is 19.6 Å². The lowest BCUT2D eigenvalue weighted by Crippen LogP contribution is -2.48. The van der Waals surface area contributed by atoms with Gasteiger partial charge in [0.05, 0.1) is 6.20 Å². The number of hydrogen-bond acceptors (Lipinski definition) is 6. The van der Waals surface area contributed by atoms with E-state index in [9.17, 15) is 9.59 Å². The lowest BCUT2D eigenvalue weighted by atomic mass is 10.1. The number of amides is 1. The molecule has 1 aliphatic heterocycles. The molecule has 8 nitrogen and oxygen atoms in total. The first-order chi connectivity index (χ1) is 16.4. The molecule has 2 heterocycles. The molecule has 4 rings (SSSR count). The van der Waals surface area contributed by atoms with Crippen LogP contribution in [-0.2, 0) is 7.05 Å². The lowest BCUT2D eigenvalue weighted by molar-refractivity contribution is 0.0643. The summed E-state index contributed by atoms with van der Waals surface area (Å²) in [6.07, 6.45) is 1.49. The molecule has 1 N–H and O–H groups in total. The molecule has 0 saturated carbocycles. The molecule has 1 amide bonds. The van der Waals surface area contributed by atoms with Crippen molar-refractivity contribution in [3.05, 3.63) is 75.2 Å². The number of aryl methyl sites for hydroxylation is 2. The minimum atomic E-state index is -0.336. The maximum atomic E-state index is 12.9. The molecule has 0 unspecified atom stereocenters. The Morgan fingerprint density at radius 3 is 2.47 bits per heavy atom. The summed E-state index contributed by atoms with van der Waals surface area (Å²) in [7, 11) is 1.57. The van der Waals surface area contributed by atoms with Crippen molar-refractivity contribution in [2.24, 2.45) is 7.05 Å². The van der Waals surface area contributed by atoms with Gasteiger partial charge in [-0.3, -0.25) is 9.59 Å². The zero-order valence-corrected chi connectivity index (χ0v) is 20.3. The molecule has 1 aliphatic rings. The molecule has 0 bridgehead atoms. The van der Waals surface area contributed by atoms with Crippen molar-refractivity contribution in [2.75, 3.05) is 38.0 Å². The smallest absolute Gasteiger partial charge is 0.294 e. The van der Waals surface area contributed by atoms with Crippen LogP contribution in [0.25, 0.3) is 0 Å². The largest absolute Gasteiger partial charge is 0.453 e. The zero-order valence-electron chi connectivity index (χ0n) is 19.5. The molecular formula is C25H28ClN5O3. The van der Waals surface area contributed by atoms with E-state index in [0.29, 0.717) is 27.8 Å². The monoisotopic (exact) mass is 481 g/mol. The van der Waals surface area contributed by atoms with E-state index in [1.165, 1.54) is 10.9 Å². The molecule has 1 fully saturated rings. The topological polar surface area (TPSA) is 79.7 Å². The fourth-order valence-electron chi connectivity index (χ4n) is 3.81. The second-order valence-electron chi connectivity index (χ2n) is 8.25. The second-order valence-corrected chi connectivity index (χ2v) is 8.66. The van der Waals surface area contributed by atoms with Crippen LogP contribution < -0.4 is 15.6 Å². The number of halogens is 1. The van der Waals surface area contributed by atoms with Gasteiger partial charge in [0.2, 0.25) is 0 Å². The van der Waals surface area contributed by atoms with E-state index in [1.807, 2.05) is 11.8 Å². The summed E-state index contributed by atoms with van der Waals surface area (Å²) in [5.74, 6) is 0.854. The average Bonchev–Trinajstić information content (AvgIpc) is 2.86. The Bertz CT molecular complexity index is 1230. The van der Waals surface area contributed by atoms with Gasteiger partial charge < -0.3 is 19.9 Å². The van der Waals surface area contributed by atoms with Crippen molar-refractivity contribution in [2.45, 2.75) is 13.8 Å². The Morgan fingerprint density at radius 1 is 1.12 bits per heavy atom. The van der Waals surface area contributed by atoms with E-state index in [4.69, 9.17) is 16.3 Å². The predicted octanol–water partition coefficient (Wildman–Crippen LogP) is 4.06. The first-order valence-corrected chi connectivity index (χ1v) is 11.6. The third kappa shape index (κ3) is 5.24. The SMILES string of the molecule is CCN1CCN(C(=O)c2ccc(Nc3c(Oc4ccc(Cl)c(C)c4)cnn(C)c3=O)cc2)CC1. The molecule has 0 aliphatic carbocycles. The number of ether oxygens (including phenoxy) is 1. The Kier molecular flexibility index (Phi) is 7.19. The fourth-order valence-corrected chi connectivity index (χ4v) is 3.93. The van der Waals surface area contributed by atoms with Crippen LogP contribution >= 0.6 is 11.6 Å². The van der Waals surface area contributed by atoms with Crippen LogP contribution in [0.5, 0.6) is 11.5 Å². The highest BCUT2D eigenvalue weighted by molar-refractivity contribution is 6.31. The molecule has 178 valence electrons.